The summed E-state index contributed by atoms with van der Waals surface area (Å²) in [6, 6.07) is -0.771. The van der Waals surface area contributed by atoms with Crippen LogP contribution in [0.25, 0.3) is 11.2 Å². The van der Waals surface area contributed by atoms with E-state index in [0.717, 1.165) is 19.3 Å². The van der Waals surface area contributed by atoms with Crippen LogP contribution in [0, 0.1) is 22.7 Å². The van der Waals surface area contributed by atoms with E-state index in [1.54, 1.807) is 0 Å². The summed E-state index contributed by atoms with van der Waals surface area (Å²) in [6.45, 7) is 1.54. The second-order valence-corrected chi connectivity index (χ2v) is 17.4. The highest BCUT2D eigenvalue weighted by atomic mass is 35.5. The van der Waals surface area contributed by atoms with Gasteiger partial charge in [0.15, 0.2) is 29.1 Å². The van der Waals surface area contributed by atoms with E-state index in [0.29, 0.717) is 11.8 Å². The Balaban J connectivity index is 1.20. The van der Waals surface area contributed by atoms with Gasteiger partial charge in [-0.3, -0.25) is 18.5 Å². The van der Waals surface area contributed by atoms with E-state index >= 15 is 0 Å². The topological polar surface area (TPSA) is 252 Å². The average molecular weight is 665 g/mol. The highest BCUT2D eigenvalue weighted by Crippen LogP contribution is 2.66. The van der Waals surface area contributed by atoms with Crippen molar-refractivity contribution in [1.82, 2.24) is 19.5 Å². The van der Waals surface area contributed by atoms with Gasteiger partial charge in [-0.15, -0.1) is 0 Å². The molecular formula is C24H35ClN6O10P2. The maximum absolute atomic E-state index is 13.6. The number of aromatic nitrogens is 4. The summed E-state index contributed by atoms with van der Waals surface area (Å²) in [6.07, 6.45) is 1.60. The number of carbonyl (C=O) groups is 1. The van der Waals surface area contributed by atoms with Crippen LogP contribution in [0.3, 0.4) is 0 Å². The largest absolute Gasteiger partial charge is 0.387 e. The summed E-state index contributed by atoms with van der Waals surface area (Å²) in [7, 11) is -9.60. The van der Waals surface area contributed by atoms with Crippen molar-refractivity contribution in [2.45, 2.75) is 76.0 Å². The van der Waals surface area contributed by atoms with Crippen molar-refractivity contribution in [2.75, 3.05) is 17.8 Å². The Bertz CT molecular complexity index is 1520. The quantitative estimate of drug-likeness (QED) is 0.147. The molecule has 9 unspecified atom stereocenters. The number of hydrogen-bond acceptors (Lipinski definition) is 11. The maximum atomic E-state index is 13.6. The molecule has 8 N–H and O–H groups in total. The van der Waals surface area contributed by atoms with Gasteiger partial charge in [-0.05, 0) is 72.8 Å². The van der Waals surface area contributed by atoms with Crippen molar-refractivity contribution >= 4 is 49.7 Å². The Kier molecular flexibility index (Phi) is 7.87. The molecular weight excluding hydrogens is 630 g/mol. The van der Waals surface area contributed by atoms with Crippen molar-refractivity contribution in [3.05, 3.63) is 11.6 Å². The molecule has 3 heterocycles. The fraction of sp³-hybridized carbons (Fsp3) is 0.750. The lowest BCUT2D eigenvalue weighted by molar-refractivity contribution is -0.137. The number of amides is 1. The van der Waals surface area contributed by atoms with Gasteiger partial charge in [-0.25, -0.2) is 4.98 Å². The zero-order chi connectivity index (χ0) is 31.1. The second kappa shape index (κ2) is 10.8. The number of rotatable bonds is 9. The van der Waals surface area contributed by atoms with Crippen LogP contribution in [0.1, 0.15) is 51.7 Å². The van der Waals surface area contributed by atoms with Crippen molar-refractivity contribution in [2.24, 2.45) is 28.4 Å². The molecule has 238 valence electrons. The van der Waals surface area contributed by atoms with Gasteiger partial charge in [0, 0.05) is 0 Å². The molecule has 1 amide bonds. The first-order valence-electron chi connectivity index (χ1n) is 14.0. The fourth-order valence-electron chi connectivity index (χ4n) is 8.36. The minimum absolute atomic E-state index is 0.0108. The molecule has 7 rings (SSSR count). The summed E-state index contributed by atoms with van der Waals surface area (Å²) < 4.78 is 34.8. The third-order valence-electron chi connectivity index (χ3n) is 9.39. The number of nitrogens with zero attached hydrogens (tertiary/aromatic N) is 4. The summed E-state index contributed by atoms with van der Waals surface area (Å²) in [5, 5.41) is 23.8. The van der Waals surface area contributed by atoms with E-state index in [2.05, 4.69) is 27.2 Å². The molecule has 5 fully saturated rings. The molecule has 19 heteroatoms. The van der Waals surface area contributed by atoms with Gasteiger partial charge in [0.25, 0.3) is 0 Å². The molecule has 0 aromatic carbocycles. The highest BCUT2D eigenvalue weighted by Gasteiger charge is 2.59. The zero-order valence-electron chi connectivity index (χ0n) is 23.2. The molecule has 4 bridgehead atoms. The number of nitrogens with one attached hydrogen (secondary N) is 1. The third-order valence-corrected chi connectivity index (χ3v) is 13.0. The predicted octanol–water partition coefficient (Wildman–Crippen LogP) is 1.31. The number of carbonyl (C=O) groups excluding carboxylic acids is 1. The van der Waals surface area contributed by atoms with Crippen LogP contribution in [-0.4, -0.2) is 87.2 Å². The van der Waals surface area contributed by atoms with Crippen LogP contribution in [0.2, 0.25) is 5.28 Å². The van der Waals surface area contributed by atoms with E-state index in [4.69, 9.17) is 36.4 Å². The zero-order valence-corrected chi connectivity index (χ0v) is 25.7. The van der Waals surface area contributed by atoms with Gasteiger partial charge in [0.1, 0.15) is 18.3 Å². The summed E-state index contributed by atoms with van der Waals surface area (Å²) >= 11 is 6.20. The van der Waals surface area contributed by atoms with Crippen molar-refractivity contribution < 1.29 is 48.1 Å². The Morgan fingerprint density at radius 2 is 1.88 bits per heavy atom. The SMILES string of the molecule is CC12CC3C[C@@H](C1)CC(C(N)C(=O)Nc1nc(Cl)nc4c1ncn4C1OC(COP(=O)(O)CP(=O)(O)O)C(O)C1O)(C3)C2. The van der Waals surface area contributed by atoms with Crippen molar-refractivity contribution in [1.29, 1.82) is 0 Å². The van der Waals surface area contributed by atoms with E-state index in [9.17, 15) is 29.0 Å². The molecule has 16 nitrogen and oxygen atoms in total. The first kappa shape index (κ1) is 31.4. The van der Waals surface area contributed by atoms with Gasteiger partial charge in [0.2, 0.25) is 11.2 Å². The molecule has 5 aliphatic rings. The number of aliphatic hydroxyl groups excluding tert-OH is 2. The van der Waals surface area contributed by atoms with Gasteiger partial charge >= 0.3 is 15.2 Å². The lowest BCUT2D eigenvalue weighted by Crippen LogP contribution is -2.60. The lowest BCUT2D eigenvalue weighted by Gasteiger charge is -2.62. The van der Waals surface area contributed by atoms with Gasteiger partial charge in [-0.1, -0.05) is 6.92 Å². The van der Waals surface area contributed by atoms with Crippen molar-refractivity contribution in [3.8, 4) is 0 Å². The number of hydrogen-bond donors (Lipinski definition) is 7. The minimum Gasteiger partial charge on any atom is -0.387 e. The van der Waals surface area contributed by atoms with E-state index < -0.39 is 64.2 Å². The standard InChI is InChI=1S/C24H35ClN6O10P2/c1-23-3-11-2-12(4-23)6-24(5-11,8-23)17(26)20(34)28-18-14-19(30-22(25)29-18)31(9-27-14)21-16(33)15(32)13(41-21)7-40-43(38,39)10-42(35,36)37/h9,11-13,15-17,21,32-33H,2-8,10,26H2,1H3,(H,38,39)(H2,35,36,37)(H,28,29,30,34)/t11-,12?,13?,15?,16?,17?,21?,23?,24?/m0/s1. The highest BCUT2D eigenvalue weighted by molar-refractivity contribution is 7.70. The van der Waals surface area contributed by atoms with E-state index in [1.807, 2.05) is 0 Å². The van der Waals surface area contributed by atoms with Crippen LogP contribution < -0.4 is 11.1 Å². The Hall–Kier alpha value is -1.55. The second-order valence-electron chi connectivity index (χ2n) is 13.1. The summed E-state index contributed by atoms with van der Waals surface area (Å²) in [5.41, 5.74) is 6.73. The third kappa shape index (κ3) is 6.05. The predicted molar refractivity (Wildman–Crippen MR) is 151 cm³/mol. The molecule has 10 atom stereocenters. The Morgan fingerprint density at radius 1 is 1.21 bits per heavy atom. The molecule has 1 aliphatic heterocycles. The molecule has 1 saturated heterocycles. The van der Waals surface area contributed by atoms with Gasteiger partial charge in [0.05, 0.1) is 19.0 Å². The molecule has 0 spiro atoms. The summed E-state index contributed by atoms with van der Waals surface area (Å²) in [5.74, 6) is -0.685. The number of anilines is 1. The lowest BCUT2D eigenvalue weighted by atomic mass is 9.43. The Labute approximate surface area is 251 Å². The van der Waals surface area contributed by atoms with Crippen LogP contribution in [0.15, 0.2) is 6.33 Å². The normalized spacial score (nSPS) is 37.5. The number of nitrogens with two attached hydrogens (primary N) is 1. The molecule has 43 heavy (non-hydrogen) atoms. The minimum atomic E-state index is -4.87. The van der Waals surface area contributed by atoms with Crippen molar-refractivity contribution in [3.63, 3.8) is 0 Å². The summed E-state index contributed by atoms with van der Waals surface area (Å²) in [4.78, 5) is 53.8. The molecule has 0 radical (unpaired) electrons. The number of imidazole rings is 1. The number of fused-ring (bicyclic) bond motifs is 1. The molecule has 2 aromatic rings. The Morgan fingerprint density at radius 3 is 2.51 bits per heavy atom. The van der Waals surface area contributed by atoms with E-state index in [-0.39, 0.29) is 33.1 Å². The van der Waals surface area contributed by atoms with Gasteiger partial charge in [-0.2, -0.15) is 9.97 Å². The first-order chi connectivity index (χ1) is 20.0. The van der Waals surface area contributed by atoms with Crippen LogP contribution in [0.5, 0.6) is 0 Å². The number of ether oxygens (including phenoxy) is 1. The molecule has 4 aliphatic carbocycles. The number of halogens is 1. The number of aliphatic hydroxyl groups is 2. The van der Waals surface area contributed by atoms with Crippen LogP contribution in [0.4, 0.5) is 5.82 Å². The molecule has 2 aromatic heterocycles. The van der Waals surface area contributed by atoms with Crippen LogP contribution >= 0.6 is 26.8 Å². The smallest absolute Gasteiger partial charge is 0.340 e. The average Bonchev–Trinajstić information content (AvgIpc) is 3.40. The molecule has 4 saturated carbocycles. The first-order valence-corrected chi connectivity index (χ1v) is 17.9. The monoisotopic (exact) mass is 664 g/mol. The van der Waals surface area contributed by atoms with Gasteiger partial charge < -0.3 is 45.2 Å². The maximum Gasteiger partial charge on any atom is 0.340 e. The van der Waals surface area contributed by atoms with E-state index in [1.165, 1.54) is 30.2 Å². The van der Waals surface area contributed by atoms with Crippen LogP contribution in [-0.2, 0) is 23.2 Å². The fourth-order valence-corrected chi connectivity index (χ4v) is 11.1.